The average Bonchev–Trinajstić information content (AvgIpc) is 2.73. The van der Waals surface area contributed by atoms with Crippen LogP contribution in [0.1, 0.15) is 11.1 Å². The van der Waals surface area contributed by atoms with Crippen LogP contribution in [0.3, 0.4) is 0 Å². The highest BCUT2D eigenvalue weighted by Gasteiger charge is 2.36. The van der Waals surface area contributed by atoms with Crippen molar-refractivity contribution in [1.82, 2.24) is 4.90 Å². The predicted octanol–water partition coefficient (Wildman–Crippen LogP) is 3.01. The Morgan fingerprint density at radius 1 is 0.893 bits per heavy atom. The summed E-state index contributed by atoms with van der Waals surface area (Å²) in [4.78, 5) is 4.73. The number of hydrogen-bond acceptors (Lipinski definition) is 5. The van der Waals surface area contributed by atoms with Gasteiger partial charge in [-0.2, -0.15) is 0 Å². The molecule has 0 amide bonds. The lowest BCUT2D eigenvalue weighted by Gasteiger charge is -2.44. The van der Waals surface area contributed by atoms with Gasteiger partial charge in [0.2, 0.25) is 0 Å². The van der Waals surface area contributed by atoms with Gasteiger partial charge in [-0.1, -0.05) is 23.7 Å². The number of benzene rings is 2. The summed E-state index contributed by atoms with van der Waals surface area (Å²) in [5.74, 6) is 1.71. The van der Waals surface area contributed by atoms with E-state index in [9.17, 15) is 5.11 Å². The van der Waals surface area contributed by atoms with Crippen LogP contribution < -0.4 is 14.4 Å². The largest absolute Gasteiger partial charge is 0.496 e. The van der Waals surface area contributed by atoms with Crippen molar-refractivity contribution in [2.75, 3.05) is 45.3 Å². The Balaban J connectivity index is 1.50. The number of fused-ring (bicyclic) bond motifs is 1. The molecule has 0 aromatic heterocycles. The summed E-state index contributed by atoms with van der Waals surface area (Å²) >= 11 is 6.36. The third-order valence-corrected chi connectivity index (χ3v) is 6.35. The van der Waals surface area contributed by atoms with Gasteiger partial charge in [-0.05, 0) is 30.7 Å². The minimum absolute atomic E-state index is 0.0851. The van der Waals surface area contributed by atoms with Crippen LogP contribution >= 0.6 is 11.6 Å². The van der Waals surface area contributed by atoms with E-state index in [4.69, 9.17) is 21.1 Å². The minimum Gasteiger partial charge on any atom is -0.496 e. The molecule has 2 aromatic rings. The lowest BCUT2D eigenvalue weighted by molar-refractivity contribution is 0.0385. The number of rotatable bonds is 4. The molecule has 1 aliphatic carbocycles. The van der Waals surface area contributed by atoms with Crippen molar-refractivity contribution < 1.29 is 14.6 Å². The second-order valence-corrected chi connectivity index (χ2v) is 7.85. The molecule has 5 nitrogen and oxygen atoms in total. The summed E-state index contributed by atoms with van der Waals surface area (Å²) in [6.07, 6.45) is 0.939. The molecule has 1 saturated heterocycles. The van der Waals surface area contributed by atoms with Crippen molar-refractivity contribution in [3.8, 4) is 11.5 Å². The highest BCUT2D eigenvalue weighted by Crippen LogP contribution is 2.38. The molecule has 1 heterocycles. The topological polar surface area (TPSA) is 45.2 Å². The molecule has 1 fully saturated rings. The number of anilines is 1. The molecule has 0 bridgehead atoms. The number of piperazine rings is 1. The van der Waals surface area contributed by atoms with Crippen molar-refractivity contribution in [3.05, 3.63) is 52.5 Å². The fourth-order valence-electron chi connectivity index (χ4n) is 4.55. The Morgan fingerprint density at radius 2 is 1.50 bits per heavy atom. The van der Waals surface area contributed by atoms with Crippen molar-refractivity contribution in [3.63, 3.8) is 0 Å². The number of methoxy groups -OCH3 is 2. The number of para-hydroxylation sites is 1. The van der Waals surface area contributed by atoms with Gasteiger partial charge in [0.1, 0.15) is 11.5 Å². The van der Waals surface area contributed by atoms with Gasteiger partial charge < -0.3 is 19.5 Å². The van der Waals surface area contributed by atoms with Crippen molar-refractivity contribution in [2.24, 2.45) is 0 Å². The molecule has 0 saturated carbocycles. The van der Waals surface area contributed by atoms with Crippen LogP contribution in [-0.2, 0) is 12.8 Å². The van der Waals surface area contributed by atoms with E-state index in [2.05, 4.69) is 15.9 Å². The van der Waals surface area contributed by atoms with E-state index in [-0.39, 0.29) is 6.04 Å². The lowest BCUT2D eigenvalue weighted by Crippen LogP contribution is -2.56. The van der Waals surface area contributed by atoms with E-state index in [1.165, 1.54) is 0 Å². The normalized spacial score (nSPS) is 22.6. The van der Waals surface area contributed by atoms with E-state index in [0.29, 0.717) is 6.42 Å². The van der Waals surface area contributed by atoms with E-state index in [0.717, 1.165) is 65.9 Å². The van der Waals surface area contributed by atoms with Crippen LogP contribution in [0.4, 0.5) is 5.69 Å². The first-order valence-corrected chi connectivity index (χ1v) is 10.1. The van der Waals surface area contributed by atoms with Crippen LogP contribution in [-0.4, -0.2) is 62.6 Å². The molecule has 4 rings (SSSR count). The summed E-state index contributed by atoms with van der Waals surface area (Å²) in [6.45, 7) is 3.59. The van der Waals surface area contributed by atoms with Gasteiger partial charge in [-0.3, -0.25) is 4.90 Å². The number of hydrogen-bond donors (Lipinski definition) is 1. The highest BCUT2D eigenvalue weighted by molar-refractivity contribution is 6.33. The third-order valence-electron chi connectivity index (χ3n) is 6.03. The first-order chi connectivity index (χ1) is 13.6. The summed E-state index contributed by atoms with van der Waals surface area (Å²) in [5, 5.41) is 11.7. The van der Waals surface area contributed by atoms with Gasteiger partial charge in [-0.15, -0.1) is 0 Å². The monoisotopic (exact) mass is 402 g/mol. The molecule has 28 heavy (non-hydrogen) atoms. The van der Waals surface area contributed by atoms with Crippen molar-refractivity contribution in [2.45, 2.75) is 25.0 Å². The zero-order valence-electron chi connectivity index (χ0n) is 16.4. The second-order valence-electron chi connectivity index (χ2n) is 7.44. The Kier molecular flexibility index (Phi) is 5.67. The molecule has 2 aromatic carbocycles. The maximum absolute atomic E-state index is 10.9. The number of aliphatic hydroxyl groups is 1. The first kappa shape index (κ1) is 19.4. The second kappa shape index (κ2) is 8.19. The van der Waals surface area contributed by atoms with Gasteiger partial charge in [0.15, 0.2) is 0 Å². The van der Waals surface area contributed by atoms with Crippen molar-refractivity contribution in [1.29, 1.82) is 0 Å². The third kappa shape index (κ3) is 3.54. The van der Waals surface area contributed by atoms with Gasteiger partial charge in [-0.25, -0.2) is 0 Å². The maximum Gasteiger partial charge on any atom is 0.122 e. The number of halogens is 1. The van der Waals surface area contributed by atoms with Crippen molar-refractivity contribution >= 4 is 17.3 Å². The Bertz CT molecular complexity index is 837. The summed E-state index contributed by atoms with van der Waals surface area (Å²) < 4.78 is 11.1. The van der Waals surface area contributed by atoms with Gasteiger partial charge in [0.25, 0.3) is 0 Å². The van der Waals surface area contributed by atoms with Gasteiger partial charge in [0.05, 0.1) is 31.0 Å². The minimum atomic E-state index is -0.416. The molecule has 1 N–H and O–H groups in total. The lowest BCUT2D eigenvalue weighted by atomic mass is 9.84. The molecule has 1 aliphatic heterocycles. The molecular formula is C22H27ClN2O3. The first-order valence-electron chi connectivity index (χ1n) is 9.76. The molecule has 2 unspecified atom stereocenters. The average molecular weight is 403 g/mol. The van der Waals surface area contributed by atoms with Gasteiger partial charge in [0, 0.05) is 49.8 Å². The van der Waals surface area contributed by atoms with E-state index in [1.807, 2.05) is 30.3 Å². The van der Waals surface area contributed by atoms with Crippen LogP contribution in [0.25, 0.3) is 0 Å². The van der Waals surface area contributed by atoms with Crippen LogP contribution in [0, 0.1) is 0 Å². The van der Waals surface area contributed by atoms with Crippen LogP contribution in [0.2, 0.25) is 5.02 Å². The molecule has 0 spiro atoms. The quantitative estimate of drug-likeness (QED) is 0.851. The standard InChI is InChI=1S/C22H27ClN2O3/c1-27-21-7-8-22(28-2)16-14-20(26)19(13-15(16)21)25-11-9-24(10-12-25)18-6-4-3-5-17(18)23/h3-8,19-20,26H,9-14H2,1-2H3. The highest BCUT2D eigenvalue weighted by atomic mass is 35.5. The van der Waals surface area contributed by atoms with E-state index in [1.54, 1.807) is 14.2 Å². The molecule has 2 atom stereocenters. The molecule has 2 aliphatic rings. The smallest absolute Gasteiger partial charge is 0.122 e. The summed E-state index contributed by atoms with van der Waals surface area (Å²) in [5.41, 5.74) is 3.32. The fourth-order valence-corrected chi connectivity index (χ4v) is 4.80. The Labute approximate surface area is 171 Å². The Hall–Kier alpha value is -1.95. The van der Waals surface area contributed by atoms with Gasteiger partial charge >= 0.3 is 0 Å². The maximum atomic E-state index is 10.9. The molecule has 150 valence electrons. The Morgan fingerprint density at radius 3 is 2.11 bits per heavy atom. The number of nitrogens with zero attached hydrogens (tertiary/aromatic N) is 2. The predicted molar refractivity (Wildman–Crippen MR) is 112 cm³/mol. The molecular weight excluding hydrogens is 376 g/mol. The fraction of sp³-hybridized carbons (Fsp3) is 0.455. The number of aliphatic hydroxyl groups excluding tert-OH is 1. The zero-order chi connectivity index (χ0) is 19.7. The molecule has 0 radical (unpaired) electrons. The zero-order valence-corrected chi connectivity index (χ0v) is 17.2. The van der Waals surface area contributed by atoms with Crippen LogP contribution in [0.15, 0.2) is 36.4 Å². The summed E-state index contributed by atoms with van der Waals surface area (Å²) in [7, 11) is 3.37. The number of ether oxygens (including phenoxy) is 2. The van der Waals surface area contributed by atoms with E-state index >= 15 is 0 Å². The SMILES string of the molecule is COc1ccc(OC)c2c1CC(O)C(N1CCN(c3ccccc3Cl)CC1)C2. The van der Waals surface area contributed by atoms with E-state index < -0.39 is 6.10 Å². The summed E-state index contributed by atoms with van der Waals surface area (Å²) in [6, 6.07) is 12.0. The molecule has 6 heteroatoms. The van der Waals surface area contributed by atoms with Crippen LogP contribution in [0.5, 0.6) is 11.5 Å².